The molecule has 5 heteroatoms. The van der Waals surface area contributed by atoms with Crippen LogP contribution in [0.1, 0.15) is 25.7 Å². The molecule has 3 N–H and O–H groups in total. The first-order valence-corrected chi connectivity index (χ1v) is 6.82. The highest BCUT2D eigenvalue weighted by atomic mass is 15.2. The van der Waals surface area contributed by atoms with Crippen LogP contribution in [0, 0.1) is 5.41 Å². The van der Waals surface area contributed by atoms with Crippen molar-refractivity contribution in [2.75, 3.05) is 36.8 Å². The molecule has 0 radical (unpaired) electrons. The first-order valence-electron chi connectivity index (χ1n) is 6.82. The Hall–Kier alpha value is -1.36. The van der Waals surface area contributed by atoms with Gasteiger partial charge in [0.15, 0.2) is 0 Å². The summed E-state index contributed by atoms with van der Waals surface area (Å²) in [4.78, 5) is 10.6. The third-order valence-electron chi connectivity index (χ3n) is 4.47. The van der Waals surface area contributed by atoms with Crippen LogP contribution >= 0.6 is 0 Å². The number of nitrogen functional groups attached to an aromatic ring is 1. The molecular weight excluding hydrogens is 226 g/mol. The molecule has 0 bridgehead atoms. The van der Waals surface area contributed by atoms with Crippen molar-refractivity contribution in [1.29, 1.82) is 0 Å². The van der Waals surface area contributed by atoms with E-state index in [2.05, 4.69) is 20.2 Å². The van der Waals surface area contributed by atoms with Crippen LogP contribution in [0.25, 0.3) is 0 Å². The van der Waals surface area contributed by atoms with Gasteiger partial charge in [0.25, 0.3) is 0 Å². The number of nitrogens with one attached hydrogen (secondary N) is 1. The minimum absolute atomic E-state index is 0.370. The maximum absolute atomic E-state index is 5.64. The van der Waals surface area contributed by atoms with Crippen molar-refractivity contribution in [3.8, 4) is 0 Å². The lowest BCUT2D eigenvalue weighted by Crippen LogP contribution is -2.45. The summed E-state index contributed by atoms with van der Waals surface area (Å²) in [7, 11) is 0. The molecule has 18 heavy (non-hydrogen) atoms. The molecule has 0 amide bonds. The number of aromatic nitrogens is 2. The molecule has 0 unspecified atom stereocenters. The fraction of sp³-hybridized carbons (Fsp3) is 0.692. The molecule has 2 aliphatic rings. The highest BCUT2D eigenvalue weighted by Gasteiger charge is 2.35. The summed E-state index contributed by atoms with van der Waals surface area (Å²) in [6.45, 7) is 4.55. The standard InChI is InChI=1S/C13H21N5/c14-12-16-6-1-11(17-12)18-9-4-13(5-10-18)2-7-15-8-3-13/h1,6,15H,2-5,7-10H2,(H2,14,16,17). The smallest absolute Gasteiger partial charge is 0.221 e. The van der Waals surface area contributed by atoms with Crippen molar-refractivity contribution in [1.82, 2.24) is 15.3 Å². The largest absolute Gasteiger partial charge is 0.368 e. The van der Waals surface area contributed by atoms with E-state index in [1.54, 1.807) is 6.20 Å². The average Bonchev–Trinajstić information content (AvgIpc) is 2.40. The molecule has 2 saturated heterocycles. The van der Waals surface area contributed by atoms with Gasteiger partial charge in [0.2, 0.25) is 5.95 Å². The molecule has 0 atom stereocenters. The van der Waals surface area contributed by atoms with E-state index in [0.29, 0.717) is 11.4 Å². The number of anilines is 2. The number of nitrogens with two attached hydrogens (primary N) is 1. The summed E-state index contributed by atoms with van der Waals surface area (Å²) in [5.41, 5.74) is 6.23. The number of hydrogen-bond donors (Lipinski definition) is 2. The maximum atomic E-state index is 5.64. The fourth-order valence-electron chi connectivity index (χ4n) is 3.21. The Kier molecular flexibility index (Phi) is 3.07. The lowest BCUT2D eigenvalue weighted by atomic mass is 9.71. The van der Waals surface area contributed by atoms with Crippen molar-refractivity contribution >= 4 is 11.8 Å². The Balaban J connectivity index is 1.66. The van der Waals surface area contributed by atoms with Gasteiger partial charge < -0.3 is 16.0 Å². The molecule has 0 saturated carbocycles. The van der Waals surface area contributed by atoms with Crippen molar-refractivity contribution in [3.63, 3.8) is 0 Å². The molecule has 1 aromatic heterocycles. The fourth-order valence-corrected chi connectivity index (χ4v) is 3.21. The summed E-state index contributed by atoms with van der Waals surface area (Å²) in [6, 6.07) is 1.96. The zero-order valence-electron chi connectivity index (χ0n) is 10.7. The Morgan fingerprint density at radius 2 is 1.89 bits per heavy atom. The number of rotatable bonds is 1. The van der Waals surface area contributed by atoms with Crippen LogP contribution in [0.3, 0.4) is 0 Å². The van der Waals surface area contributed by atoms with Gasteiger partial charge in [-0.2, -0.15) is 4.98 Å². The number of piperidine rings is 2. The Morgan fingerprint density at radius 3 is 2.56 bits per heavy atom. The van der Waals surface area contributed by atoms with Crippen molar-refractivity contribution < 1.29 is 0 Å². The first kappa shape index (κ1) is 11.7. The number of hydrogen-bond acceptors (Lipinski definition) is 5. The van der Waals surface area contributed by atoms with Crippen LogP contribution in [-0.4, -0.2) is 36.1 Å². The average molecular weight is 247 g/mol. The molecule has 1 aromatic rings. The zero-order chi connectivity index (χ0) is 12.4. The Bertz CT molecular complexity index is 404. The van der Waals surface area contributed by atoms with Crippen LogP contribution in [-0.2, 0) is 0 Å². The molecule has 0 aromatic carbocycles. The van der Waals surface area contributed by atoms with Gasteiger partial charge in [-0.25, -0.2) is 4.98 Å². The minimum Gasteiger partial charge on any atom is -0.368 e. The summed E-state index contributed by atoms with van der Waals surface area (Å²) >= 11 is 0. The van der Waals surface area contributed by atoms with Gasteiger partial charge in [-0.05, 0) is 50.3 Å². The van der Waals surface area contributed by atoms with Crippen LogP contribution in [0.2, 0.25) is 0 Å². The third-order valence-corrected chi connectivity index (χ3v) is 4.47. The third kappa shape index (κ3) is 2.27. The normalized spacial score (nSPS) is 23.2. The lowest BCUT2D eigenvalue weighted by molar-refractivity contribution is 0.154. The quantitative estimate of drug-likeness (QED) is 0.776. The van der Waals surface area contributed by atoms with Crippen molar-refractivity contribution in [2.45, 2.75) is 25.7 Å². The highest BCUT2D eigenvalue weighted by Crippen LogP contribution is 2.40. The van der Waals surface area contributed by atoms with E-state index in [4.69, 9.17) is 5.73 Å². The van der Waals surface area contributed by atoms with Gasteiger partial charge in [0, 0.05) is 19.3 Å². The van der Waals surface area contributed by atoms with Gasteiger partial charge in [0.1, 0.15) is 5.82 Å². The second-order valence-corrected chi connectivity index (χ2v) is 5.51. The second kappa shape index (κ2) is 4.72. The van der Waals surface area contributed by atoms with E-state index in [0.717, 1.165) is 18.9 Å². The summed E-state index contributed by atoms with van der Waals surface area (Å²) in [6.07, 6.45) is 6.95. The van der Waals surface area contributed by atoms with E-state index in [1.165, 1.54) is 38.8 Å². The lowest BCUT2D eigenvalue weighted by Gasteiger charge is -2.44. The minimum atomic E-state index is 0.370. The SMILES string of the molecule is Nc1nccc(N2CCC3(CCNCC3)CC2)n1. The topological polar surface area (TPSA) is 67.1 Å². The Labute approximate surface area is 108 Å². The summed E-state index contributed by atoms with van der Waals surface area (Å²) < 4.78 is 0. The summed E-state index contributed by atoms with van der Waals surface area (Å²) in [5, 5.41) is 3.46. The van der Waals surface area contributed by atoms with Gasteiger partial charge >= 0.3 is 0 Å². The predicted molar refractivity (Wildman–Crippen MR) is 72.4 cm³/mol. The molecule has 3 rings (SSSR count). The summed E-state index contributed by atoms with van der Waals surface area (Å²) in [5.74, 6) is 1.35. The van der Waals surface area contributed by atoms with Crippen molar-refractivity contribution in [3.05, 3.63) is 12.3 Å². The van der Waals surface area contributed by atoms with Gasteiger partial charge in [-0.3, -0.25) is 0 Å². The van der Waals surface area contributed by atoms with Gasteiger partial charge in [-0.1, -0.05) is 0 Å². The molecule has 2 fully saturated rings. The van der Waals surface area contributed by atoms with Crippen LogP contribution < -0.4 is 16.0 Å². The number of nitrogens with zero attached hydrogens (tertiary/aromatic N) is 3. The molecule has 98 valence electrons. The van der Waals surface area contributed by atoms with Gasteiger partial charge in [-0.15, -0.1) is 0 Å². The van der Waals surface area contributed by atoms with E-state index in [-0.39, 0.29) is 0 Å². The van der Waals surface area contributed by atoms with Crippen LogP contribution in [0.15, 0.2) is 12.3 Å². The molecule has 0 aliphatic carbocycles. The second-order valence-electron chi connectivity index (χ2n) is 5.51. The van der Waals surface area contributed by atoms with E-state index >= 15 is 0 Å². The van der Waals surface area contributed by atoms with Gasteiger partial charge in [0.05, 0.1) is 0 Å². The van der Waals surface area contributed by atoms with Crippen LogP contribution in [0.4, 0.5) is 11.8 Å². The van der Waals surface area contributed by atoms with E-state index < -0.39 is 0 Å². The molecular formula is C13H21N5. The zero-order valence-corrected chi connectivity index (χ0v) is 10.7. The predicted octanol–water partition coefficient (Wildman–Crippen LogP) is 1.03. The first-order chi connectivity index (χ1) is 8.77. The van der Waals surface area contributed by atoms with E-state index in [9.17, 15) is 0 Å². The molecule has 3 heterocycles. The molecule has 2 aliphatic heterocycles. The monoisotopic (exact) mass is 247 g/mol. The molecule has 5 nitrogen and oxygen atoms in total. The molecule has 1 spiro atoms. The highest BCUT2D eigenvalue weighted by molar-refractivity contribution is 5.41. The van der Waals surface area contributed by atoms with Crippen LogP contribution in [0.5, 0.6) is 0 Å². The maximum Gasteiger partial charge on any atom is 0.221 e. The van der Waals surface area contributed by atoms with E-state index in [1.807, 2.05) is 6.07 Å². The Morgan fingerprint density at radius 1 is 1.17 bits per heavy atom. The van der Waals surface area contributed by atoms with Crippen molar-refractivity contribution in [2.24, 2.45) is 5.41 Å².